The van der Waals surface area contributed by atoms with Crippen molar-refractivity contribution >= 4 is 0 Å². The highest BCUT2D eigenvalue weighted by atomic mass is 19.4. The van der Waals surface area contributed by atoms with E-state index in [2.05, 4.69) is 0 Å². The van der Waals surface area contributed by atoms with E-state index >= 15 is 0 Å². The van der Waals surface area contributed by atoms with Crippen molar-refractivity contribution in [2.75, 3.05) is 0 Å². The van der Waals surface area contributed by atoms with Crippen LogP contribution in [0, 0.1) is 0 Å². The Hall–Kier alpha value is -1.81. The molecule has 0 saturated carbocycles. The molecule has 2 rings (SSSR count). The standard InChI is InChI=1S/C16H16F3N/c17-16(18,19)11-10-15(20)14-8-6-13(7-9-14)12-4-2-1-3-5-12/h1-9,15H,10-11,20H2/t15-/m0/s1. The minimum atomic E-state index is -4.15. The van der Waals surface area contributed by atoms with E-state index in [1.165, 1.54) is 0 Å². The summed E-state index contributed by atoms with van der Waals surface area (Å²) < 4.78 is 36.5. The third kappa shape index (κ3) is 4.10. The lowest BCUT2D eigenvalue weighted by atomic mass is 9.99. The second-order valence-electron chi connectivity index (χ2n) is 4.75. The second kappa shape index (κ2) is 6.09. The zero-order valence-electron chi connectivity index (χ0n) is 10.9. The molecule has 0 spiro atoms. The molecule has 0 amide bonds. The van der Waals surface area contributed by atoms with Crippen LogP contribution in [0.15, 0.2) is 54.6 Å². The molecule has 20 heavy (non-hydrogen) atoms. The number of rotatable bonds is 4. The SMILES string of the molecule is N[C@@H](CCC(F)(F)F)c1ccc(-c2ccccc2)cc1. The molecule has 0 fully saturated rings. The highest BCUT2D eigenvalue weighted by Gasteiger charge is 2.27. The van der Waals surface area contributed by atoms with Gasteiger partial charge in [0.2, 0.25) is 0 Å². The maximum atomic E-state index is 12.2. The van der Waals surface area contributed by atoms with Gasteiger partial charge in [0.1, 0.15) is 0 Å². The second-order valence-corrected chi connectivity index (χ2v) is 4.75. The fourth-order valence-corrected chi connectivity index (χ4v) is 2.04. The lowest BCUT2D eigenvalue weighted by molar-refractivity contribution is -0.136. The fourth-order valence-electron chi connectivity index (χ4n) is 2.04. The van der Waals surface area contributed by atoms with Crippen LogP contribution < -0.4 is 5.73 Å². The van der Waals surface area contributed by atoms with Gasteiger partial charge in [0.15, 0.2) is 0 Å². The Labute approximate surface area is 116 Å². The summed E-state index contributed by atoms with van der Waals surface area (Å²) in [5, 5.41) is 0. The lowest BCUT2D eigenvalue weighted by Crippen LogP contribution is -2.15. The van der Waals surface area contributed by atoms with Crippen molar-refractivity contribution in [3.8, 4) is 11.1 Å². The summed E-state index contributed by atoms with van der Waals surface area (Å²) in [4.78, 5) is 0. The summed E-state index contributed by atoms with van der Waals surface area (Å²) in [7, 11) is 0. The van der Waals surface area contributed by atoms with E-state index in [4.69, 9.17) is 5.73 Å². The fraction of sp³-hybridized carbons (Fsp3) is 0.250. The first-order chi connectivity index (χ1) is 9.46. The molecular weight excluding hydrogens is 263 g/mol. The topological polar surface area (TPSA) is 26.0 Å². The van der Waals surface area contributed by atoms with E-state index in [0.717, 1.165) is 16.7 Å². The highest BCUT2D eigenvalue weighted by Crippen LogP contribution is 2.27. The van der Waals surface area contributed by atoms with Crippen LogP contribution in [0.2, 0.25) is 0 Å². The Kier molecular flexibility index (Phi) is 4.45. The van der Waals surface area contributed by atoms with E-state index in [1.54, 1.807) is 12.1 Å². The number of hydrogen-bond donors (Lipinski definition) is 1. The molecule has 0 aliphatic carbocycles. The smallest absolute Gasteiger partial charge is 0.324 e. The maximum Gasteiger partial charge on any atom is 0.389 e. The molecule has 0 heterocycles. The van der Waals surface area contributed by atoms with E-state index in [9.17, 15) is 13.2 Å². The summed E-state index contributed by atoms with van der Waals surface area (Å²) in [6.07, 6.45) is -5.09. The van der Waals surface area contributed by atoms with Gasteiger partial charge in [-0.25, -0.2) is 0 Å². The van der Waals surface area contributed by atoms with Crippen LogP contribution in [0.5, 0.6) is 0 Å². The molecule has 0 saturated heterocycles. The van der Waals surface area contributed by atoms with Crippen LogP contribution in [0.25, 0.3) is 11.1 Å². The van der Waals surface area contributed by atoms with Crippen LogP contribution in [-0.2, 0) is 0 Å². The lowest BCUT2D eigenvalue weighted by Gasteiger charge is -2.14. The summed E-state index contributed by atoms with van der Waals surface area (Å²) in [5.41, 5.74) is 8.62. The van der Waals surface area contributed by atoms with E-state index in [-0.39, 0.29) is 6.42 Å². The van der Waals surface area contributed by atoms with Gasteiger partial charge in [-0.1, -0.05) is 54.6 Å². The first-order valence-corrected chi connectivity index (χ1v) is 6.43. The number of hydrogen-bond acceptors (Lipinski definition) is 1. The zero-order chi connectivity index (χ0) is 14.6. The molecule has 1 atom stereocenters. The largest absolute Gasteiger partial charge is 0.389 e. The summed E-state index contributed by atoms with van der Waals surface area (Å²) >= 11 is 0. The van der Waals surface area contributed by atoms with Crippen molar-refractivity contribution in [2.24, 2.45) is 5.73 Å². The van der Waals surface area contributed by atoms with Crippen LogP contribution >= 0.6 is 0 Å². The molecule has 0 aromatic heterocycles. The van der Waals surface area contributed by atoms with Gasteiger partial charge < -0.3 is 5.73 Å². The predicted molar refractivity (Wildman–Crippen MR) is 74.1 cm³/mol. The first kappa shape index (κ1) is 14.6. The molecule has 2 N–H and O–H groups in total. The molecule has 0 aliphatic rings. The number of alkyl halides is 3. The molecule has 106 valence electrons. The molecular formula is C16H16F3N. The van der Waals surface area contributed by atoms with Crippen LogP contribution in [0.1, 0.15) is 24.4 Å². The Morgan fingerprint density at radius 1 is 0.850 bits per heavy atom. The molecule has 0 unspecified atom stereocenters. The van der Waals surface area contributed by atoms with E-state index in [0.29, 0.717) is 0 Å². The Balaban J connectivity index is 2.05. The molecule has 0 radical (unpaired) electrons. The van der Waals surface area contributed by atoms with Gasteiger partial charge in [-0.2, -0.15) is 13.2 Å². The van der Waals surface area contributed by atoms with Crippen molar-refractivity contribution in [3.05, 3.63) is 60.2 Å². The van der Waals surface area contributed by atoms with Crippen molar-refractivity contribution in [2.45, 2.75) is 25.1 Å². The average molecular weight is 279 g/mol. The Morgan fingerprint density at radius 3 is 1.95 bits per heavy atom. The summed E-state index contributed by atoms with van der Waals surface area (Å²) in [5.74, 6) is 0. The van der Waals surface area contributed by atoms with Crippen molar-refractivity contribution < 1.29 is 13.2 Å². The number of halogens is 3. The molecule has 1 nitrogen and oxygen atoms in total. The summed E-state index contributed by atoms with van der Waals surface area (Å²) in [6, 6.07) is 16.6. The third-order valence-electron chi connectivity index (χ3n) is 3.18. The summed E-state index contributed by atoms with van der Waals surface area (Å²) in [6.45, 7) is 0. The maximum absolute atomic E-state index is 12.2. The first-order valence-electron chi connectivity index (χ1n) is 6.43. The van der Waals surface area contributed by atoms with Gasteiger partial charge in [0, 0.05) is 12.5 Å². The molecule has 0 aliphatic heterocycles. The minimum Gasteiger partial charge on any atom is -0.324 e. The van der Waals surface area contributed by atoms with Crippen molar-refractivity contribution in [1.29, 1.82) is 0 Å². The van der Waals surface area contributed by atoms with E-state index < -0.39 is 18.6 Å². The van der Waals surface area contributed by atoms with Gasteiger partial charge in [-0.3, -0.25) is 0 Å². The molecule has 2 aromatic rings. The quantitative estimate of drug-likeness (QED) is 0.862. The van der Waals surface area contributed by atoms with Gasteiger partial charge >= 0.3 is 6.18 Å². The van der Waals surface area contributed by atoms with Crippen molar-refractivity contribution in [3.63, 3.8) is 0 Å². The number of benzene rings is 2. The van der Waals surface area contributed by atoms with Gasteiger partial charge in [-0.05, 0) is 23.1 Å². The van der Waals surface area contributed by atoms with Gasteiger partial charge in [-0.15, -0.1) is 0 Å². The van der Waals surface area contributed by atoms with Crippen LogP contribution in [-0.4, -0.2) is 6.18 Å². The van der Waals surface area contributed by atoms with E-state index in [1.807, 2.05) is 42.5 Å². The number of nitrogens with two attached hydrogens (primary N) is 1. The molecule has 0 bridgehead atoms. The Bertz CT molecular complexity index is 532. The Morgan fingerprint density at radius 2 is 1.40 bits per heavy atom. The normalized spacial score (nSPS) is 13.2. The van der Waals surface area contributed by atoms with Crippen LogP contribution in [0.3, 0.4) is 0 Å². The minimum absolute atomic E-state index is 0.0891. The average Bonchev–Trinajstić information content (AvgIpc) is 2.45. The zero-order valence-corrected chi connectivity index (χ0v) is 10.9. The van der Waals surface area contributed by atoms with Crippen LogP contribution in [0.4, 0.5) is 13.2 Å². The third-order valence-corrected chi connectivity index (χ3v) is 3.18. The predicted octanol–water partition coefficient (Wildman–Crippen LogP) is 4.70. The highest BCUT2D eigenvalue weighted by molar-refractivity contribution is 5.63. The monoisotopic (exact) mass is 279 g/mol. The van der Waals surface area contributed by atoms with Crippen molar-refractivity contribution in [1.82, 2.24) is 0 Å². The van der Waals surface area contributed by atoms with Gasteiger partial charge in [0.25, 0.3) is 0 Å². The molecule has 2 aromatic carbocycles. The van der Waals surface area contributed by atoms with Gasteiger partial charge in [0.05, 0.1) is 0 Å². The molecule has 4 heteroatoms.